The molecule has 0 fully saturated rings. The molecule has 0 unspecified atom stereocenters. The lowest BCUT2D eigenvalue weighted by Crippen LogP contribution is -2.26. The van der Waals surface area contributed by atoms with Crippen molar-refractivity contribution in [2.45, 2.75) is 45.0 Å². The molecule has 1 aliphatic heterocycles. The van der Waals surface area contributed by atoms with Crippen molar-refractivity contribution in [3.63, 3.8) is 0 Å². The maximum absolute atomic E-state index is 11.1. The summed E-state index contributed by atoms with van der Waals surface area (Å²) in [5, 5.41) is 0. The van der Waals surface area contributed by atoms with Gasteiger partial charge < -0.3 is 18.9 Å². The number of hydrogen-bond donors (Lipinski definition) is 0. The lowest BCUT2D eigenvalue weighted by Gasteiger charge is -2.27. The van der Waals surface area contributed by atoms with Gasteiger partial charge in [-0.2, -0.15) is 0 Å². The van der Waals surface area contributed by atoms with Gasteiger partial charge in [-0.3, -0.25) is 0 Å². The molecule has 0 spiro atoms. The molecule has 5 nitrogen and oxygen atoms in total. The highest BCUT2D eigenvalue weighted by Crippen LogP contribution is 2.22. The second-order valence-electron chi connectivity index (χ2n) is 6.83. The van der Waals surface area contributed by atoms with Crippen molar-refractivity contribution in [1.82, 2.24) is 0 Å². The Bertz CT molecular complexity index is 620. The van der Waals surface area contributed by atoms with Crippen molar-refractivity contribution in [2.75, 3.05) is 20.8 Å². The molecule has 1 aromatic rings. The molecule has 2 rings (SSSR count). The predicted octanol–water partition coefficient (Wildman–Crippen LogP) is 4.07. The second-order valence-corrected chi connectivity index (χ2v) is 6.83. The number of carbonyl (C=O) groups excluding carboxylic acids is 1. The number of ether oxygens (including phenoxy) is 4. The third-order valence-electron chi connectivity index (χ3n) is 4.44. The van der Waals surface area contributed by atoms with Gasteiger partial charge in [-0.1, -0.05) is 37.3 Å². The summed E-state index contributed by atoms with van der Waals surface area (Å²) < 4.78 is 21.7. The standard InChI is InChI=1S/C22H30O5/c1-17(15-26-16-18-10-12-19(24-2)13-11-18)14-21-8-4-6-20(27-21)7-5-9-22(23)25-3/h4-6,9-13,17,20-21H,7-8,14-16H2,1-3H3/b9-5-/t17-,20+,21+/m1/s1. The van der Waals surface area contributed by atoms with Crippen LogP contribution in [-0.2, 0) is 25.6 Å². The molecule has 0 radical (unpaired) electrons. The van der Waals surface area contributed by atoms with Crippen LogP contribution < -0.4 is 4.74 Å². The third-order valence-corrected chi connectivity index (χ3v) is 4.44. The minimum Gasteiger partial charge on any atom is -0.497 e. The highest BCUT2D eigenvalue weighted by Gasteiger charge is 2.20. The summed E-state index contributed by atoms with van der Waals surface area (Å²) in [6.07, 6.45) is 10.2. The Labute approximate surface area is 162 Å². The number of carbonyl (C=O) groups is 1. The maximum Gasteiger partial charge on any atom is 0.330 e. The van der Waals surface area contributed by atoms with Crippen LogP contribution in [0, 0.1) is 5.92 Å². The summed E-state index contributed by atoms with van der Waals surface area (Å²) in [6, 6.07) is 7.92. The largest absolute Gasteiger partial charge is 0.497 e. The zero-order valence-corrected chi connectivity index (χ0v) is 16.4. The van der Waals surface area contributed by atoms with Gasteiger partial charge in [0.25, 0.3) is 0 Å². The molecule has 148 valence electrons. The molecule has 5 heteroatoms. The molecule has 0 saturated carbocycles. The Kier molecular flexibility index (Phi) is 9.08. The van der Waals surface area contributed by atoms with Gasteiger partial charge in [0.05, 0.1) is 33.0 Å². The van der Waals surface area contributed by atoms with E-state index in [1.807, 2.05) is 24.3 Å². The van der Waals surface area contributed by atoms with Gasteiger partial charge >= 0.3 is 5.97 Å². The highest BCUT2D eigenvalue weighted by molar-refractivity contribution is 5.81. The first-order valence-electron chi connectivity index (χ1n) is 9.38. The van der Waals surface area contributed by atoms with Gasteiger partial charge in [0.15, 0.2) is 0 Å². The van der Waals surface area contributed by atoms with Crippen molar-refractivity contribution in [2.24, 2.45) is 5.92 Å². The summed E-state index contributed by atoms with van der Waals surface area (Å²) in [4.78, 5) is 11.1. The van der Waals surface area contributed by atoms with Gasteiger partial charge in [0.2, 0.25) is 0 Å². The molecule has 27 heavy (non-hydrogen) atoms. The quantitative estimate of drug-likeness (QED) is 0.351. The van der Waals surface area contributed by atoms with Crippen LogP contribution in [0.5, 0.6) is 5.75 Å². The van der Waals surface area contributed by atoms with E-state index in [0.717, 1.165) is 24.2 Å². The molecule has 0 aromatic heterocycles. The van der Waals surface area contributed by atoms with Crippen LogP contribution in [0.3, 0.4) is 0 Å². The fourth-order valence-corrected chi connectivity index (χ4v) is 3.00. The van der Waals surface area contributed by atoms with E-state index in [4.69, 9.17) is 14.2 Å². The molecule has 3 atom stereocenters. The molecule has 1 heterocycles. The van der Waals surface area contributed by atoms with Crippen LogP contribution in [0.25, 0.3) is 0 Å². The van der Waals surface area contributed by atoms with Crippen LogP contribution in [-0.4, -0.2) is 39.0 Å². The van der Waals surface area contributed by atoms with Crippen molar-refractivity contribution in [3.8, 4) is 5.75 Å². The van der Waals surface area contributed by atoms with E-state index in [1.54, 1.807) is 13.2 Å². The zero-order valence-electron chi connectivity index (χ0n) is 16.4. The SMILES string of the molecule is COC(=O)/C=C\C[C@@H]1C=CC[C@@H](C[C@@H](C)COCc2ccc(OC)cc2)O1. The van der Waals surface area contributed by atoms with E-state index in [-0.39, 0.29) is 18.2 Å². The fourth-order valence-electron chi connectivity index (χ4n) is 3.00. The summed E-state index contributed by atoms with van der Waals surface area (Å²) >= 11 is 0. The van der Waals surface area contributed by atoms with E-state index >= 15 is 0 Å². The van der Waals surface area contributed by atoms with E-state index in [9.17, 15) is 4.79 Å². The maximum atomic E-state index is 11.1. The van der Waals surface area contributed by atoms with E-state index in [2.05, 4.69) is 23.8 Å². The summed E-state index contributed by atoms with van der Waals surface area (Å²) in [5.74, 6) is 0.922. The van der Waals surface area contributed by atoms with Crippen LogP contribution in [0.15, 0.2) is 48.6 Å². The topological polar surface area (TPSA) is 54.0 Å². The fraction of sp³-hybridized carbons (Fsp3) is 0.500. The van der Waals surface area contributed by atoms with Gasteiger partial charge in [0.1, 0.15) is 5.75 Å². The van der Waals surface area contributed by atoms with Crippen molar-refractivity contribution in [1.29, 1.82) is 0 Å². The van der Waals surface area contributed by atoms with Crippen molar-refractivity contribution < 1.29 is 23.7 Å². The summed E-state index contributed by atoms with van der Waals surface area (Å²) in [6.45, 7) is 3.48. The van der Waals surface area contributed by atoms with Crippen LogP contribution in [0.1, 0.15) is 31.7 Å². The molecule has 0 saturated heterocycles. The molecule has 0 bridgehead atoms. The van der Waals surface area contributed by atoms with Crippen molar-refractivity contribution >= 4 is 5.97 Å². The molecule has 1 aliphatic rings. The number of benzene rings is 1. The van der Waals surface area contributed by atoms with Gasteiger partial charge in [-0.15, -0.1) is 0 Å². The molecule has 0 N–H and O–H groups in total. The normalized spacial score (nSPS) is 20.6. The van der Waals surface area contributed by atoms with E-state index in [0.29, 0.717) is 25.6 Å². The Hall–Kier alpha value is -2.11. The molecule has 0 aliphatic carbocycles. The average molecular weight is 374 g/mol. The first-order valence-corrected chi connectivity index (χ1v) is 9.38. The van der Waals surface area contributed by atoms with Gasteiger partial charge in [0, 0.05) is 12.7 Å². The summed E-state index contributed by atoms with van der Waals surface area (Å²) in [7, 11) is 3.04. The number of hydrogen-bond acceptors (Lipinski definition) is 5. The second kappa shape index (κ2) is 11.6. The Morgan fingerprint density at radius 1 is 1.30 bits per heavy atom. The van der Waals surface area contributed by atoms with Gasteiger partial charge in [-0.05, 0) is 42.9 Å². The predicted molar refractivity (Wildman–Crippen MR) is 105 cm³/mol. The molecular formula is C22H30O5. The van der Waals surface area contributed by atoms with Gasteiger partial charge in [-0.25, -0.2) is 4.79 Å². The lowest BCUT2D eigenvalue weighted by atomic mass is 9.99. The Morgan fingerprint density at radius 3 is 2.78 bits per heavy atom. The van der Waals surface area contributed by atoms with E-state index < -0.39 is 0 Å². The van der Waals surface area contributed by atoms with Crippen molar-refractivity contribution in [3.05, 3.63) is 54.1 Å². The number of rotatable bonds is 10. The number of esters is 1. The highest BCUT2D eigenvalue weighted by atomic mass is 16.5. The van der Waals surface area contributed by atoms with E-state index in [1.165, 1.54) is 13.2 Å². The Morgan fingerprint density at radius 2 is 2.07 bits per heavy atom. The first-order chi connectivity index (χ1) is 13.1. The van der Waals surface area contributed by atoms with Crippen LogP contribution >= 0.6 is 0 Å². The number of methoxy groups -OCH3 is 2. The van der Waals surface area contributed by atoms with Crippen LogP contribution in [0.2, 0.25) is 0 Å². The monoisotopic (exact) mass is 374 g/mol. The zero-order chi connectivity index (χ0) is 19.5. The Balaban J connectivity index is 1.67. The molecular weight excluding hydrogens is 344 g/mol. The summed E-state index contributed by atoms with van der Waals surface area (Å²) in [5.41, 5.74) is 1.14. The minimum atomic E-state index is -0.339. The lowest BCUT2D eigenvalue weighted by molar-refractivity contribution is -0.134. The molecule has 0 amide bonds. The minimum absolute atomic E-state index is 0.0112. The third kappa shape index (κ3) is 7.97. The molecule has 1 aromatic carbocycles. The smallest absolute Gasteiger partial charge is 0.330 e. The van der Waals surface area contributed by atoms with Crippen LogP contribution in [0.4, 0.5) is 0 Å². The average Bonchev–Trinajstić information content (AvgIpc) is 2.68. The first kappa shape index (κ1) is 21.2.